The zero-order valence-electron chi connectivity index (χ0n) is 33.6. The summed E-state index contributed by atoms with van der Waals surface area (Å²) >= 11 is -2.54. The number of benzene rings is 4. The van der Waals surface area contributed by atoms with Gasteiger partial charge in [-0.1, -0.05) is 0 Å². The van der Waals surface area contributed by atoms with Gasteiger partial charge in [0.1, 0.15) is 0 Å². The van der Waals surface area contributed by atoms with Crippen molar-refractivity contribution in [3.63, 3.8) is 0 Å². The molecule has 0 spiro atoms. The first kappa shape index (κ1) is 41.3. The number of halogens is 2. The van der Waals surface area contributed by atoms with E-state index in [4.69, 9.17) is 0 Å². The van der Waals surface area contributed by atoms with Crippen LogP contribution in [0.2, 0.25) is 0 Å². The normalized spacial score (nSPS) is 17.0. The molecule has 4 aliphatic rings. The van der Waals surface area contributed by atoms with Gasteiger partial charge in [0.2, 0.25) is 0 Å². The van der Waals surface area contributed by atoms with Gasteiger partial charge in [-0.25, -0.2) is 0 Å². The molecular formula is C51H60Cl2Zr. The Morgan fingerprint density at radius 2 is 1.00 bits per heavy atom. The molecule has 4 aromatic carbocycles. The van der Waals surface area contributed by atoms with Gasteiger partial charge >= 0.3 is 325 Å². The maximum Gasteiger partial charge on any atom is -1.00 e. The third-order valence-electron chi connectivity index (χ3n) is 12.9. The second kappa shape index (κ2) is 17.0. The third kappa shape index (κ3) is 8.36. The van der Waals surface area contributed by atoms with Gasteiger partial charge in [0.15, 0.2) is 0 Å². The van der Waals surface area contributed by atoms with Crippen molar-refractivity contribution in [2.45, 2.75) is 127 Å². The smallest absolute Gasteiger partial charge is 1.00 e. The Morgan fingerprint density at radius 3 is 1.37 bits per heavy atom. The summed E-state index contributed by atoms with van der Waals surface area (Å²) in [6, 6.07) is 33.4. The summed E-state index contributed by atoms with van der Waals surface area (Å²) in [6.07, 6.45) is 23.0. The molecule has 54 heavy (non-hydrogen) atoms. The predicted molar refractivity (Wildman–Crippen MR) is 222 cm³/mol. The summed E-state index contributed by atoms with van der Waals surface area (Å²) < 4.78 is 4.42. The molecule has 0 aromatic heterocycles. The molecule has 3 heteroatoms. The molecule has 4 aromatic rings. The van der Waals surface area contributed by atoms with E-state index in [0.717, 1.165) is 11.8 Å². The van der Waals surface area contributed by atoms with E-state index in [1.807, 2.05) is 3.28 Å². The Morgan fingerprint density at radius 1 is 0.574 bits per heavy atom. The van der Waals surface area contributed by atoms with Crippen LogP contribution in [0.3, 0.4) is 0 Å². The van der Waals surface area contributed by atoms with Gasteiger partial charge in [-0.2, -0.15) is 0 Å². The fourth-order valence-corrected chi connectivity index (χ4v) is 20.0. The van der Waals surface area contributed by atoms with E-state index in [2.05, 4.69) is 148 Å². The number of hydrogen-bond acceptors (Lipinski definition) is 0. The van der Waals surface area contributed by atoms with Crippen LogP contribution >= 0.6 is 0 Å². The molecule has 0 heterocycles. The topological polar surface area (TPSA) is 0 Å². The van der Waals surface area contributed by atoms with Crippen LogP contribution in [0.15, 0.2) is 106 Å². The molecule has 282 valence electrons. The molecule has 0 saturated heterocycles. The standard InChI is InChI=1S/C33H33.C13H22.C5H5.2ClH.Zr/c1-32(2,3)30-20-26-24(18-28(30)22-13-9-7-10-14-22)17-25-19-29(23-15-11-8-12-16-23)31(21-27(25)26)33(4,5)6;1-2-7-12(6-1)10-5-11-13-8-3-4-9-13;1-2-4-5-3-1;;;/h7-21H,1-6H3;12-13H,1-4,6-11H2;1-3H,4H2;2*1H;/q;;;;;+2/p-2. The van der Waals surface area contributed by atoms with Crippen LogP contribution in [0, 0.1) is 11.8 Å². The van der Waals surface area contributed by atoms with E-state index < -0.39 is 21.3 Å². The molecular weight excluding hydrogens is 775 g/mol. The van der Waals surface area contributed by atoms with Crippen LogP contribution in [-0.2, 0) is 32.1 Å². The Bertz CT molecular complexity index is 1900. The number of hydrogen-bond donors (Lipinski definition) is 0. The quantitative estimate of drug-likeness (QED) is 0.167. The zero-order chi connectivity index (χ0) is 36.0. The Labute approximate surface area is 347 Å². The second-order valence-corrected chi connectivity index (χ2v) is 25.5. The minimum atomic E-state index is -2.54. The van der Waals surface area contributed by atoms with Crippen molar-refractivity contribution in [2.75, 3.05) is 0 Å². The van der Waals surface area contributed by atoms with E-state index in [9.17, 15) is 0 Å². The molecule has 8 rings (SSSR count). The predicted octanol–water partition coefficient (Wildman–Crippen LogP) is 8.49. The largest absolute Gasteiger partial charge is 1.00 e. The second-order valence-electron chi connectivity index (χ2n) is 18.7. The molecule has 0 nitrogen and oxygen atoms in total. The van der Waals surface area contributed by atoms with E-state index in [0.29, 0.717) is 3.63 Å². The van der Waals surface area contributed by atoms with Crippen molar-refractivity contribution in [2.24, 2.45) is 11.8 Å². The zero-order valence-corrected chi connectivity index (χ0v) is 37.6. The molecule has 0 bridgehead atoms. The van der Waals surface area contributed by atoms with Gasteiger partial charge in [0, 0.05) is 0 Å². The first-order chi connectivity index (χ1) is 25.1. The summed E-state index contributed by atoms with van der Waals surface area (Å²) in [6.45, 7) is 14.5. The Kier molecular flexibility index (Phi) is 13.0. The average molecular weight is 835 g/mol. The molecule has 2 fully saturated rings. The van der Waals surface area contributed by atoms with Gasteiger partial charge in [-0.3, -0.25) is 0 Å². The van der Waals surface area contributed by atoms with Crippen molar-refractivity contribution in [3.05, 3.63) is 129 Å². The van der Waals surface area contributed by atoms with Crippen molar-refractivity contribution < 1.29 is 46.1 Å². The van der Waals surface area contributed by atoms with Gasteiger partial charge in [0.25, 0.3) is 0 Å². The molecule has 2 saturated carbocycles. The maximum atomic E-state index is 2.72. The maximum absolute atomic E-state index is 2.72. The van der Waals surface area contributed by atoms with E-state index in [1.54, 1.807) is 11.1 Å². The van der Waals surface area contributed by atoms with Crippen molar-refractivity contribution >= 4 is 3.21 Å². The van der Waals surface area contributed by atoms with Crippen LogP contribution in [0.5, 0.6) is 0 Å². The number of rotatable bonds is 8. The molecule has 0 radical (unpaired) electrons. The average Bonchev–Trinajstić information content (AvgIpc) is 3.97. The van der Waals surface area contributed by atoms with Crippen LogP contribution in [-0.4, -0.2) is 3.21 Å². The van der Waals surface area contributed by atoms with E-state index in [1.165, 1.54) is 115 Å². The molecule has 0 amide bonds. The summed E-state index contributed by atoms with van der Waals surface area (Å²) in [5.41, 5.74) is 14.9. The summed E-state index contributed by atoms with van der Waals surface area (Å²) in [4.78, 5) is 0. The van der Waals surface area contributed by atoms with Gasteiger partial charge in [0.05, 0.1) is 0 Å². The Hall–Kier alpha value is -2.31. The summed E-state index contributed by atoms with van der Waals surface area (Å²) in [5, 5.41) is 0. The van der Waals surface area contributed by atoms with E-state index in [-0.39, 0.29) is 35.6 Å². The van der Waals surface area contributed by atoms with Gasteiger partial charge in [-0.05, 0) is 0 Å². The monoisotopic (exact) mass is 832 g/mol. The molecule has 0 aliphatic heterocycles. The number of fused-ring (bicyclic) bond motifs is 3. The van der Waals surface area contributed by atoms with Crippen LogP contribution in [0.25, 0.3) is 33.4 Å². The van der Waals surface area contributed by atoms with Crippen LogP contribution in [0.4, 0.5) is 0 Å². The van der Waals surface area contributed by atoms with Crippen molar-refractivity contribution in [1.29, 1.82) is 0 Å². The summed E-state index contributed by atoms with van der Waals surface area (Å²) in [7, 11) is 0. The minimum Gasteiger partial charge on any atom is -1.00 e. The molecule has 0 atom stereocenters. The van der Waals surface area contributed by atoms with Crippen LogP contribution < -0.4 is 24.8 Å². The minimum absolute atomic E-state index is 0. The molecule has 0 unspecified atom stereocenters. The van der Waals surface area contributed by atoms with Gasteiger partial charge in [-0.15, -0.1) is 0 Å². The number of allylic oxidation sites excluding steroid dienone is 4. The third-order valence-corrected chi connectivity index (χ3v) is 21.3. The van der Waals surface area contributed by atoms with Crippen molar-refractivity contribution in [3.8, 4) is 33.4 Å². The fourth-order valence-electron chi connectivity index (χ4n) is 10.3. The van der Waals surface area contributed by atoms with Crippen LogP contribution in [0.1, 0.15) is 138 Å². The van der Waals surface area contributed by atoms with E-state index >= 15 is 0 Å². The van der Waals surface area contributed by atoms with Crippen molar-refractivity contribution in [1.82, 2.24) is 0 Å². The Balaban J connectivity index is 0.00000249. The fraction of sp³-hybridized carbons (Fsp3) is 0.431. The first-order valence-corrected chi connectivity index (χ1v) is 24.5. The van der Waals surface area contributed by atoms with Gasteiger partial charge < -0.3 is 24.8 Å². The SMILES string of the molecule is CC(C)(C)c1cc2c(cc1-c1ccccc1)[CH]([Zr+2]([C]1=CC=CC1)=[C](CC1CCCC1)CC1CCCC1)c1cc(-c3ccccc3)c(C(C)(C)C)cc1-2.[Cl-].[Cl-]. The first-order valence-electron chi connectivity index (χ1n) is 20.6. The summed E-state index contributed by atoms with van der Waals surface area (Å²) in [5.74, 6) is 1.79. The molecule has 0 N–H and O–H groups in total. The molecule has 4 aliphatic carbocycles.